The fourth-order valence-electron chi connectivity index (χ4n) is 3.59. The third-order valence-electron chi connectivity index (χ3n) is 5.07. The molecule has 2 saturated heterocycles. The van der Waals surface area contributed by atoms with Crippen LogP contribution in [0.3, 0.4) is 0 Å². The molecule has 2 heterocycles. The van der Waals surface area contributed by atoms with E-state index in [2.05, 4.69) is 10.6 Å². The second-order valence-corrected chi connectivity index (χ2v) is 7.15. The Kier molecular flexibility index (Phi) is 6.10. The Bertz CT molecular complexity index is 909. The molecule has 2 unspecified atom stereocenters. The van der Waals surface area contributed by atoms with E-state index in [4.69, 9.17) is 21.7 Å². The summed E-state index contributed by atoms with van der Waals surface area (Å²) < 4.78 is 10.6. The first-order chi connectivity index (χ1) is 14.7. The van der Waals surface area contributed by atoms with Crippen molar-refractivity contribution in [3.8, 4) is 0 Å². The predicted octanol–water partition coefficient (Wildman–Crippen LogP) is 2.63. The molecule has 0 aromatic heterocycles. The Morgan fingerprint density at radius 3 is 2.43 bits per heavy atom. The Hall–Kier alpha value is -3.17. The summed E-state index contributed by atoms with van der Waals surface area (Å²) in [4.78, 5) is 27.6. The summed E-state index contributed by atoms with van der Waals surface area (Å²) >= 11 is 4.89. The second kappa shape index (κ2) is 9.10. The number of amides is 2. The van der Waals surface area contributed by atoms with Gasteiger partial charge in [-0.25, -0.2) is 9.59 Å². The van der Waals surface area contributed by atoms with Crippen LogP contribution in [-0.2, 0) is 16.0 Å². The maximum atomic E-state index is 12.7. The van der Waals surface area contributed by atoms with Crippen molar-refractivity contribution >= 4 is 41.3 Å². The summed E-state index contributed by atoms with van der Waals surface area (Å²) in [6.07, 6.45) is -1.31. The molecule has 2 fully saturated rings. The monoisotopic (exact) mass is 426 g/mol. The molecule has 2 atom stereocenters. The van der Waals surface area contributed by atoms with Crippen molar-refractivity contribution in [3.05, 3.63) is 60.2 Å². The van der Waals surface area contributed by atoms with Crippen molar-refractivity contribution in [3.63, 3.8) is 0 Å². The fraction of sp³-hybridized carbons (Fsp3) is 0.286. The van der Waals surface area contributed by atoms with Crippen LogP contribution in [0.5, 0.6) is 0 Å². The van der Waals surface area contributed by atoms with E-state index >= 15 is 0 Å². The zero-order valence-corrected chi connectivity index (χ0v) is 17.0. The van der Waals surface area contributed by atoms with Gasteiger partial charge in [0.05, 0.1) is 12.0 Å². The van der Waals surface area contributed by atoms with Crippen LogP contribution >= 0.6 is 12.2 Å². The van der Waals surface area contributed by atoms with Gasteiger partial charge in [-0.05, 0) is 29.8 Å². The Morgan fingerprint density at radius 1 is 1.03 bits per heavy atom. The number of ether oxygens (including phenoxy) is 2. The Labute approximate surface area is 179 Å². The molecule has 9 heteroatoms. The standard InChI is InChI=1S/C21H22N4O4S/c26-20-24(10-11-28-20)16-6-8-17(9-7-16)25-18(13-22-14-30)19(29-21(25)27)23-12-15-4-2-1-3-5-15/h1-9,14,18-19,23H,10-13H2,(H,22,30). The van der Waals surface area contributed by atoms with Gasteiger partial charge >= 0.3 is 12.2 Å². The third-order valence-corrected chi connectivity index (χ3v) is 5.23. The molecule has 4 rings (SSSR count). The summed E-state index contributed by atoms with van der Waals surface area (Å²) in [5.41, 5.74) is 3.92. The number of carbonyl (C=O) groups is 2. The quantitative estimate of drug-likeness (QED) is 0.628. The number of rotatable bonds is 8. The summed E-state index contributed by atoms with van der Waals surface area (Å²) in [6.45, 7) is 1.88. The summed E-state index contributed by atoms with van der Waals surface area (Å²) in [5.74, 6) is 0. The van der Waals surface area contributed by atoms with Crippen LogP contribution < -0.4 is 20.4 Å². The van der Waals surface area contributed by atoms with E-state index in [1.54, 1.807) is 34.1 Å². The van der Waals surface area contributed by atoms with Crippen molar-refractivity contribution in [2.75, 3.05) is 29.5 Å². The van der Waals surface area contributed by atoms with E-state index in [0.29, 0.717) is 31.9 Å². The van der Waals surface area contributed by atoms with Gasteiger partial charge in [0.1, 0.15) is 12.6 Å². The van der Waals surface area contributed by atoms with Crippen molar-refractivity contribution in [1.29, 1.82) is 0 Å². The molecule has 0 aliphatic carbocycles. The molecule has 0 spiro atoms. The van der Waals surface area contributed by atoms with Crippen molar-refractivity contribution in [1.82, 2.24) is 10.6 Å². The van der Waals surface area contributed by atoms with Gasteiger partial charge in [-0.2, -0.15) is 0 Å². The van der Waals surface area contributed by atoms with Crippen molar-refractivity contribution in [2.24, 2.45) is 0 Å². The van der Waals surface area contributed by atoms with E-state index in [1.807, 2.05) is 30.3 Å². The number of benzene rings is 2. The van der Waals surface area contributed by atoms with Crippen LogP contribution in [0.1, 0.15) is 5.56 Å². The summed E-state index contributed by atoms with van der Waals surface area (Å²) in [7, 11) is 0. The third kappa shape index (κ3) is 4.22. The van der Waals surface area contributed by atoms with Crippen LogP contribution in [0.4, 0.5) is 21.0 Å². The van der Waals surface area contributed by atoms with Gasteiger partial charge in [0.2, 0.25) is 0 Å². The SMILES string of the molecule is O=C1OCCN1c1ccc(N2C(=O)OC(NCc3ccccc3)C2CNC=S)cc1. The molecule has 0 bridgehead atoms. The summed E-state index contributed by atoms with van der Waals surface area (Å²) in [5, 5.41) is 6.31. The van der Waals surface area contributed by atoms with Crippen LogP contribution in [0, 0.1) is 0 Å². The average Bonchev–Trinajstić information content (AvgIpc) is 3.34. The lowest BCUT2D eigenvalue weighted by Gasteiger charge is -2.25. The predicted molar refractivity (Wildman–Crippen MR) is 117 cm³/mol. The number of nitrogens with zero attached hydrogens (tertiary/aromatic N) is 2. The largest absolute Gasteiger partial charge is 0.447 e. The maximum absolute atomic E-state index is 12.7. The number of carbonyl (C=O) groups excluding carboxylic acids is 2. The lowest BCUT2D eigenvalue weighted by Crippen LogP contribution is -2.48. The molecule has 30 heavy (non-hydrogen) atoms. The van der Waals surface area contributed by atoms with E-state index in [0.717, 1.165) is 11.3 Å². The van der Waals surface area contributed by atoms with Crippen LogP contribution in [0.25, 0.3) is 0 Å². The molecular formula is C21H22N4O4S. The first kappa shape index (κ1) is 20.1. The highest BCUT2D eigenvalue weighted by Gasteiger charge is 2.42. The first-order valence-electron chi connectivity index (χ1n) is 9.66. The maximum Gasteiger partial charge on any atom is 0.416 e. The van der Waals surface area contributed by atoms with E-state index in [9.17, 15) is 9.59 Å². The number of thiocarbonyl (C=S) groups is 1. The number of nitrogens with one attached hydrogen (secondary N) is 2. The van der Waals surface area contributed by atoms with Crippen LogP contribution in [0.15, 0.2) is 54.6 Å². The Morgan fingerprint density at radius 2 is 1.77 bits per heavy atom. The molecule has 2 aromatic rings. The number of hydrogen-bond donors (Lipinski definition) is 2. The molecule has 156 valence electrons. The molecular weight excluding hydrogens is 404 g/mol. The molecule has 2 amide bonds. The highest BCUT2D eigenvalue weighted by atomic mass is 32.1. The van der Waals surface area contributed by atoms with Gasteiger partial charge in [0.15, 0.2) is 6.23 Å². The van der Waals surface area contributed by atoms with Gasteiger partial charge in [-0.3, -0.25) is 15.1 Å². The highest BCUT2D eigenvalue weighted by molar-refractivity contribution is 7.78. The van der Waals surface area contributed by atoms with Crippen LogP contribution in [0.2, 0.25) is 0 Å². The van der Waals surface area contributed by atoms with Crippen LogP contribution in [-0.4, -0.2) is 49.6 Å². The smallest absolute Gasteiger partial charge is 0.416 e. The molecule has 2 aromatic carbocycles. The number of cyclic esters (lactones) is 2. The lowest BCUT2D eigenvalue weighted by molar-refractivity contribution is 0.109. The molecule has 0 radical (unpaired) electrons. The minimum Gasteiger partial charge on any atom is -0.447 e. The highest BCUT2D eigenvalue weighted by Crippen LogP contribution is 2.29. The van der Waals surface area contributed by atoms with Gasteiger partial charge in [-0.15, -0.1) is 0 Å². The van der Waals surface area contributed by atoms with Gasteiger partial charge in [0.25, 0.3) is 0 Å². The Balaban J connectivity index is 1.50. The van der Waals surface area contributed by atoms with Gasteiger partial charge in [-0.1, -0.05) is 42.5 Å². The average molecular weight is 426 g/mol. The summed E-state index contributed by atoms with van der Waals surface area (Å²) in [6, 6.07) is 16.8. The minimum atomic E-state index is -0.506. The zero-order chi connectivity index (χ0) is 20.9. The van der Waals surface area contributed by atoms with Crippen molar-refractivity contribution < 1.29 is 19.1 Å². The first-order valence-corrected chi connectivity index (χ1v) is 10.1. The minimum absolute atomic E-state index is 0.303. The van der Waals surface area contributed by atoms with E-state index in [-0.39, 0.29) is 12.1 Å². The molecule has 2 aliphatic heterocycles. The molecule has 2 N–H and O–H groups in total. The van der Waals surface area contributed by atoms with Crippen molar-refractivity contribution in [2.45, 2.75) is 18.8 Å². The van der Waals surface area contributed by atoms with Gasteiger partial charge < -0.3 is 14.8 Å². The lowest BCUT2D eigenvalue weighted by atomic mass is 10.1. The second-order valence-electron chi connectivity index (χ2n) is 6.92. The number of hydrogen-bond acceptors (Lipinski definition) is 6. The normalized spacial score (nSPS) is 20.8. The molecule has 8 nitrogen and oxygen atoms in total. The fourth-order valence-corrected chi connectivity index (χ4v) is 3.69. The van der Waals surface area contributed by atoms with E-state index in [1.165, 1.54) is 5.49 Å². The molecule has 0 saturated carbocycles. The topological polar surface area (TPSA) is 83.1 Å². The molecule has 2 aliphatic rings. The number of anilines is 2. The van der Waals surface area contributed by atoms with E-state index < -0.39 is 12.3 Å². The zero-order valence-electron chi connectivity index (χ0n) is 16.2. The van der Waals surface area contributed by atoms with Gasteiger partial charge in [0, 0.05) is 24.5 Å².